The highest BCUT2D eigenvalue weighted by Crippen LogP contribution is 2.23. The molecule has 0 saturated carbocycles. The highest BCUT2D eigenvalue weighted by atomic mass is 35.5. The normalized spacial score (nSPS) is 15.3. The average Bonchev–Trinajstić information content (AvgIpc) is 1.38. The summed E-state index contributed by atoms with van der Waals surface area (Å²) in [7, 11) is -2.28. The van der Waals surface area contributed by atoms with Gasteiger partial charge in [0, 0.05) is 87.1 Å². The van der Waals surface area contributed by atoms with Crippen LogP contribution in [-0.4, -0.2) is 188 Å². The Morgan fingerprint density at radius 2 is 0.954 bits per heavy atom. The van der Waals surface area contributed by atoms with E-state index in [1.54, 1.807) is 30.3 Å². The number of likely N-dealkylation sites (tertiary alicyclic amines) is 1. The number of amides is 14. The van der Waals surface area contributed by atoms with Gasteiger partial charge in [0.05, 0.1) is 17.4 Å². The maximum Gasteiger partial charge on any atom is 0.256 e. The number of benzene rings is 5. The van der Waals surface area contributed by atoms with E-state index in [0.717, 1.165) is 10.8 Å². The number of nitrogens with zero attached hydrogens (tertiary/aromatic N) is 1. The van der Waals surface area contributed by atoms with Crippen LogP contribution >= 0.6 is 11.6 Å². The number of carbonyl (C=O) groups excluding carboxylic acids is 14. The second-order valence-electron chi connectivity index (χ2n) is 27.4. The van der Waals surface area contributed by atoms with Crippen LogP contribution in [0.2, 0.25) is 5.02 Å². The zero-order chi connectivity index (χ0) is 80.2. The molecular weight excluding hydrogens is 1450 g/mol. The minimum Gasteiger partial charge on any atom is -0.394 e. The van der Waals surface area contributed by atoms with Crippen LogP contribution in [0.15, 0.2) is 115 Å². The fourth-order valence-electron chi connectivity index (χ4n) is 12.0. The van der Waals surface area contributed by atoms with Crippen LogP contribution < -0.4 is 75.3 Å². The lowest BCUT2D eigenvalue weighted by atomic mass is 9.99. The number of anilines is 2. The molecule has 1 unspecified atom stereocenters. The van der Waals surface area contributed by atoms with Crippen LogP contribution in [0.4, 0.5) is 11.4 Å². The molecule has 1 saturated heterocycles. The molecule has 33 heteroatoms. The van der Waals surface area contributed by atoms with Gasteiger partial charge in [-0.05, 0) is 121 Å². The monoisotopic (exact) mass is 1550 g/mol. The number of unbranched alkanes of at least 4 members (excludes halogenated alkanes) is 1. The van der Waals surface area contributed by atoms with Gasteiger partial charge in [0.2, 0.25) is 76.8 Å². The molecule has 5 aromatic carbocycles. The molecule has 0 spiro atoms. The third kappa shape index (κ3) is 28.4. The SMILES string of the molecule is CC(=O)Nc1ccc(C[C@H](NC(=O)[C@H](CO)NC(=O)[C@@H](CCC(N)=O)NC(=O)[C@@H](Cc2ccc(Cl)cc2)NC(=O)[C@@H](Cc2ccc3ccccc3c2)NC(C)=O)C(=O)N[C@H](Cc2ccc(NC(C)=O)cc2)C(=O)N[C@H](C(=O)N[C@@H](CCCCNC(C)C)C(=O)N2CCC[C@H]2C(=O)N[C@H](C)C(N)=O)S(=O)C(C)C)cc1. The van der Waals surface area contributed by atoms with E-state index in [1.165, 1.54) is 95.0 Å². The highest BCUT2D eigenvalue weighted by molar-refractivity contribution is 7.87. The van der Waals surface area contributed by atoms with E-state index in [-0.39, 0.29) is 44.7 Å². The average molecular weight is 1550 g/mol. The number of rotatable bonds is 41. The van der Waals surface area contributed by atoms with Gasteiger partial charge in [-0.15, -0.1) is 0 Å². The molecule has 31 nitrogen and oxygen atoms in total. The molecule has 1 aliphatic heterocycles. The van der Waals surface area contributed by atoms with Gasteiger partial charge in [-0.25, -0.2) is 0 Å². The van der Waals surface area contributed by atoms with Gasteiger partial charge < -0.3 is 85.3 Å². The summed E-state index contributed by atoms with van der Waals surface area (Å²) in [5.74, 6) is -11.8. The maximum absolute atomic E-state index is 15.2. The van der Waals surface area contributed by atoms with E-state index in [0.29, 0.717) is 64.5 Å². The van der Waals surface area contributed by atoms with Gasteiger partial charge in [0.15, 0.2) is 5.37 Å². The minimum atomic E-state index is -2.28. The topological polar surface area (TPSA) is 476 Å². The van der Waals surface area contributed by atoms with Crippen molar-refractivity contribution < 1.29 is 76.4 Å². The number of hydrogen-bond donors (Lipinski definition) is 15. The number of carbonyl (C=O) groups is 14. The molecule has 1 fully saturated rings. The van der Waals surface area contributed by atoms with Gasteiger partial charge in [-0.3, -0.25) is 71.3 Å². The number of halogens is 1. The van der Waals surface area contributed by atoms with E-state index in [1.807, 2.05) is 50.2 Å². The first-order chi connectivity index (χ1) is 51.7. The fourth-order valence-corrected chi connectivity index (χ4v) is 13.1. The van der Waals surface area contributed by atoms with Crippen molar-refractivity contribution in [2.24, 2.45) is 11.5 Å². The second kappa shape index (κ2) is 42.7. The Morgan fingerprint density at radius 1 is 0.505 bits per heavy atom. The molecule has 0 bridgehead atoms. The predicted octanol–water partition coefficient (Wildman–Crippen LogP) is 1.10. The molecule has 1 heterocycles. The Balaban J connectivity index is 1.32. The number of nitrogens with one attached hydrogen (secondary N) is 12. The summed E-state index contributed by atoms with van der Waals surface area (Å²) < 4.78 is 14.5. The molecule has 5 aromatic rings. The first kappa shape index (κ1) is 87.2. The smallest absolute Gasteiger partial charge is 0.256 e. The van der Waals surface area contributed by atoms with Crippen molar-refractivity contribution in [1.82, 2.24) is 58.1 Å². The second-order valence-corrected chi connectivity index (χ2v) is 29.9. The molecule has 0 aliphatic carbocycles. The fraction of sp³-hybridized carbons (Fsp3) is 0.447. The Labute approximate surface area is 640 Å². The van der Waals surface area contributed by atoms with Crippen molar-refractivity contribution in [2.45, 2.75) is 197 Å². The van der Waals surface area contributed by atoms with Crippen LogP contribution in [-0.2, 0) is 104 Å². The molecule has 0 radical (unpaired) electrons. The third-order valence-corrected chi connectivity index (χ3v) is 19.7. The molecule has 11 atom stereocenters. The lowest BCUT2D eigenvalue weighted by Crippen LogP contribution is -2.62. The van der Waals surface area contributed by atoms with Gasteiger partial charge in [0.25, 0.3) is 5.91 Å². The molecule has 14 amide bonds. The van der Waals surface area contributed by atoms with Crippen LogP contribution in [0.5, 0.6) is 0 Å². The van der Waals surface area contributed by atoms with Crippen molar-refractivity contribution in [1.29, 1.82) is 0 Å². The van der Waals surface area contributed by atoms with Crippen LogP contribution in [0, 0.1) is 0 Å². The van der Waals surface area contributed by atoms with Crippen molar-refractivity contribution in [3.8, 4) is 0 Å². The van der Waals surface area contributed by atoms with Crippen molar-refractivity contribution in [2.75, 3.05) is 30.3 Å². The van der Waals surface area contributed by atoms with Crippen molar-refractivity contribution in [3.05, 3.63) is 143 Å². The van der Waals surface area contributed by atoms with E-state index in [2.05, 4.69) is 63.8 Å². The maximum atomic E-state index is 15.2. The molecule has 0 aromatic heterocycles. The van der Waals surface area contributed by atoms with E-state index in [4.69, 9.17) is 23.1 Å². The Morgan fingerprint density at radius 3 is 1.44 bits per heavy atom. The molecule has 109 heavy (non-hydrogen) atoms. The van der Waals surface area contributed by atoms with Gasteiger partial charge in [-0.2, -0.15) is 0 Å². The quantitative estimate of drug-likeness (QED) is 0.0244. The van der Waals surface area contributed by atoms with E-state index in [9.17, 15) is 66.8 Å². The lowest BCUT2D eigenvalue weighted by molar-refractivity contribution is -0.142. The number of hydrogen-bond acceptors (Lipinski definition) is 17. The third-order valence-electron chi connectivity index (χ3n) is 17.7. The number of aliphatic hydroxyl groups is 1. The summed E-state index contributed by atoms with van der Waals surface area (Å²) in [6.07, 6.45) is -0.491. The van der Waals surface area contributed by atoms with Crippen molar-refractivity contribution in [3.63, 3.8) is 0 Å². The van der Waals surface area contributed by atoms with E-state index < -0.39 is 184 Å². The van der Waals surface area contributed by atoms with Crippen molar-refractivity contribution >= 4 is 127 Å². The number of fused-ring (bicyclic) bond motifs is 1. The molecule has 17 N–H and O–H groups in total. The first-order valence-electron chi connectivity index (χ1n) is 36.0. The van der Waals surface area contributed by atoms with Gasteiger partial charge >= 0.3 is 0 Å². The molecule has 1 aliphatic rings. The summed E-state index contributed by atoms with van der Waals surface area (Å²) in [6.45, 7) is 11.6. The summed E-state index contributed by atoms with van der Waals surface area (Å²) in [5.41, 5.74) is 13.5. The lowest BCUT2D eigenvalue weighted by Gasteiger charge is -2.31. The van der Waals surface area contributed by atoms with Gasteiger partial charge in [0.1, 0.15) is 54.4 Å². The summed E-state index contributed by atoms with van der Waals surface area (Å²) in [6, 6.07) is 18.2. The zero-order valence-electron chi connectivity index (χ0n) is 62.3. The minimum absolute atomic E-state index is 0.0133. The number of aliphatic hydroxyl groups excluding tert-OH is 1. The first-order valence-corrected chi connectivity index (χ1v) is 37.6. The summed E-state index contributed by atoms with van der Waals surface area (Å²) in [4.78, 5) is 194. The van der Waals surface area contributed by atoms with Crippen LogP contribution in [0.3, 0.4) is 0 Å². The largest absolute Gasteiger partial charge is 0.394 e. The summed E-state index contributed by atoms with van der Waals surface area (Å²) >= 11 is 6.21. The molecule has 6 rings (SSSR count). The van der Waals surface area contributed by atoms with E-state index >= 15 is 9.59 Å². The Hall–Kier alpha value is -10.7. The summed E-state index contributed by atoms with van der Waals surface area (Å²) in [5, 5.41) is 42.1. The highest BCUT2D eigenvalue weighted by Gasteiger charge is 2.41. The number of primary amides is 2. The predicted molar refractivity (Wildman–Crippen MR) is 410 cm³/mol. The molecule has 588 valence electrons. The number of nitrogens with two attached hydrogens (primary N) is 2. The molecular formula is C76H100ClN15O16S. The van der Waals surface area contributed by atoms with Gasteiger partial charge in [-0.1, -0.05) is 118 Å². The van der Waals surface area contributed by atoms with Crippen LogP contribution in [0.1, 0.15) is 123 Å². The zero-order valence-corrected chi connectivity index (χ0v) is 63.8. The Kier molecular flexibility index (Phi) is 34.2. The van der Waals surface area contributed by atoms with Crippen LogP contribution in [0.25, 0.3) is 10.8 Å². The standard InChI is InChI=1S/C76H100ClN15O16S/c1-42(2)80-34-12-11-16-58(76(107)92-35-13-17-64(92)73(105)81-44(5)66(79)98)86-74(106)75(109(108)43(3)4)91-71(103)62(39-50-23-30-56(31-24-50)83-46(7)95)88-70(102)61(38-49-21-28-55(29-22-49)82-45(6)94)89-72(104)63(41-93)90-67(99)57(32-33-65(78)97)85-69(101)60(37-48-19-26-54(77)27-20-48)87-68(100)59(84-47(8)96)40-51-18-25-52-14-9-10-15-53(52)36-51/h9-10,14-15,18-31,36,42-44,57-64,75,80,93H,11-13,16-17,32-35,37-41H2,1-8H3,(H2,78,97)(H2,79,98)(H,81,105)(H,82,94)(H,83,95)(H,84,96)(H,85,101)(H,86,106)(H,87,100)(H,88,102)(H,89,104)(H,90,99)(H,91,103)/t44-,57-,58+,59-,60-,61+,62-,63+,64+,75+,109?/m1/s1. The Bertz CT molecular complexity index is 4090.